The summed E-state index contributed by atoms with van der Waals surface area (Å²) < 4.78 is 12.0. The van der Waals surface area contributed by atoms with Gasteiger partial charge in [0.15, 0.2) is 8.32 Å². The van der Waals surface area contributed by atoms with Crippen molar-refractivity contribution in [2.24, 2.45) is 0 Å². The molecular formula is C23H37N3O4Si. The zero-order valence-corrected chi connectivity index (χ0v) is 21.2. The number of amides is 3. The first kappa shape index (κ1) is 23.6. The first-order chi connectivity index (χ1) is 14.2. The van der Waals surface area contributed by atoms with E-state index < -0.39 is 13.9 Å². The smallest absolute Gasteiger partial charge is 0.410 e. The molecule has 1 aromatic carbocycles. The highest BCUT2D eigenvalue weighted by Crippen LogP contribution is 2.38. The van der Waals surface area contributed by atoms with Gasteiger partial charge in [0.1, 0.15) is 5.60 Å². The zero-order valence-electron chi connectivity index (χ0n) is 20.2. The molecular weight excluding hydrogens is 410 g/mol. The van der Waals surface area contributed by atoms with Crippen molar-refractivity contribution < 1.29 is 18.8 Å². The monoisotopic (exact) mass is 447 g/mol. The van der Waals surface area contributed by atoms with Crippen LogP contribution in [0.2, 0.25) is 18.1 Å². The maximum absolute atomic E-state index is 12.6. The normalized spacial score (nSPS) is 19.9. The van der Waals surface area contributed by atoms with E-state index in [1.165, 1.54) is 0 Å². The predicted octanol–water partition coefficient (Wildman–Crippen LogP) is 4.86. The number of carbonyl (C=O) groups is 2. The fraction of sp³-hybridized carbons (Fsp3) is 0.652. The van der Waals surface area contributed by atoms with Gasteiger partial charge >= 0.3 is 12.1 Å². The molecule has 1 N–H and O–H groups in total. The van der Waals surface area contributed by atoms with Crippen molar-refractivity contribution in [2.45, 2.75) is 84.5 Å². The van der Waals surface area contributed by atoms with Crippen LogP contribution in [-0.4, -0.2) is 50.1 Å². The van der Waals surface area contributed by atoms with Gasteiger partial charge in [0.05, 0.1) is 12.6 Å². The molecule has 2 heterocycles. The van der Waals surface area contributed by atoms with Crippen molar-refractivity contribution in [2.75, 3.05) is 18.0 Å². The second-order valence-electron chi connectivity index (χ2n) is 11.1. The number of hydrogen-bond donors (Lipinski definition) is 1. The Hall–Kier alpha value is -2.06. The molecule has 0 aliphatic carbocycles. The van der Waals surface area contributed by atoms with Crippen LogP contribution in [0.25, 0.3) is 0 Å². The van der Waals surface area contributed by atoms with E-state index in [0.717, 1.165) is 16.8 Å². The number of carbonyl (C=O) groups excluding carboxylic acids is 2. The SMILES string of the molecule is CC(C)(C)OC(=O)N1Cc2ccc(N3CC(O[Si](C)(C)C(C)(C)C)CNC3=O)cc2C1. The molecule has 2 aliphatic heterocycles. The number of rotatable bonds is 3. The van der Waals surface area contributed by atoms with E-state index in [1.807, 2.05) is 39.0 Å². The molecule has 1 fully saturated rings. The topological polar surface area (TPSA) is 71.1 Å². The molecule has 3 rings (SSSR count). The molecule has 1 atom stereocenters. The van der Waals surface area contributed by atoms with Gasteiger partial charge in [-0.2, -0.15) is 0 Å². The summed E-state index contributed by atoms with van der Waals surface area (Å²) in [6.07, 6.45) is -0.367. The third kappa shape index (κ3) is 5.41. The molecule has 1 aromatic rings. The number of fused-ring (bicyclic) bond motifs is 1. The lowest BCUT2D eigenvalue weighted by Crippen LogP contribution is -2.58. The quantitative estimate of drug-likeness (QED) is 0.672. The molecule has 2 aliphatic rings. The van der Waals surface area contributed by atoms with Crippen LogP contribution in [0, 0.1) is 0 Å². The maximum atomic E-state index is 12.6. The van der Waals surface area contributed by atoms with Gasteiger partial charge in [0, 0.05) is 25.3 Å². The van der Waals surface area contributed by atoms with Crippen molar-refractivity contribution in [1.82, 2.24) is 10.2 Å². The van der Waals surface area contributed by atoms with Crippen LogP contribution in [0.5, 0.6) is 0 Å². The third-order valence-corrected chi connectivity index (χ3v) is 10.8. The summed E-state index contributed by atoms with van der Waals surface area (Å²) in [7, 11) is -1.94. The van der Waals surface area contributed by atoms with Gasteiger partial charge in [-0.05, 0) is 62.2 Å². The average Bonchev–Trinajstić information content (AvgIpc) is 3.04. The largest absolute Gasteiger partial charge is 0.444 e. The van der Waals surface area contributed by atoms with Crippen LogP contribution in [0.3, 0.4) is 0 Å². The summed E-state index contributed by atoms with van der Waals surface area (Å²) in [5.41, 5.74) is 2.43. The Morgan fingerprint density at radius 2 is 1.74 bits per heavy atom. The van der Waals surface area contributed by atoms with Gasteiger partial charge in [-0.25, -0.2) is 9.59 Å². The number of nitrogens with one attached hydrogen (secondary N) is 1. The Kier molecular flexibility index (Phi) is 6.19. The van der Waals surface area contributed by atoms with Gasteiger partial charge < -0.3 is 14.5 Å². The highest BCUT2D eigenvalue weighted by molar-refractivity contribution is 6.74. The Labute approximate surface area is 187 Å². The van der Waals surface area contributed by atoms with E-state index in [-0.39, 0.29) is 23.3 Å². The van der Waals surface area contributed by atoms with Crippen molar-refractivity contribution in [3.63, 3.8) is 0 Å². The molecule has 0 aromatic heterocycles. The van der Waals surface area contributed by atoms with Crippen molar-refractivity contribution in [3.05, 3.63) is 29.3 Å². The van der Waals surface area contributed by atoms with Gasteiger partial charge in [-0.3, -0.25) is 9.80 Å². The minimum Gasteiger partial charge on any atom is -0.444 e. The molecule has 1 unspecified atom stereocenters. The first-order valence-corrected chi connectivity index (χ1v) is 13.9. The van der Waals surface area contributed by atoms with E-state index >= 15 is 0 Å². The predicted molar refractivity (Wildman–Crippen MR) is 125 cm³/mol. The maximum Gasteiger partial charge on any atom is 0.410 e. The minimum atomic E-state index is -1.94. The van der Waals surface area contributed by atoms with Crippen LogP contribution in [-0.2, 0) is 22.3 Å². The summed E-state index contributed by atoms with van der Waals surface area (Å²) in [5, 5.41) is 3.08. The van der Waals surface area contributed by atoms with E-state index in [1.54, 1.807) is 9.80 Å². The van der Waals surface area contributed by atoms with Crippen LogP contribution in [0.15, 0.2) is 18.2 Å². The number of ether oxygens (including phenoxy) is 1. The average molecular weight is 448 g/mol. The van der Waals surface area contributed by atoms with Gasteiger partial charge in [-0.1, -0.05) is 26.8 Å². The first-order valence-electron chi connectivity index (χ1n) is 11.0. The lowest BCUT2D eigenvalue weighted by molar-refractivity contribution is 0.0242. The second-order valence-corrected chi connectivity index (χ2v) is 15.8. The molecule has 0 bridgehead atoms. The van der Waals surface area contributed by atoms with E-state index in [0.29, 0.717) is 26.2 Å². The second kappa shape index (κ2) is 8.13. The summed E-state index contributed by atoms with van der Waals surface area (Å²) in [4.78, 5) is 28.5. The molecule has 0 saturated carbocycles. The van der Waals surface area contributed by atoms with Crippen LogP contribution in [0.1, 0.15) is 52.7 Å². The highest BCUT2D eigenvalue weighted by Gasteiger charge is 2.41. The highest BCUT2D eigenvalue weighted by atomic mass is 28.4. The Bertz CT molecular complexity index is 857. The van der Waals surface area contributed by atoms with Crippen molar-refractivity contribution in [3.8, 4) is 0 Å². The standard InChI is InChI=1S/C23H37N3O4Si/c1-22(2,3)29-21(28)25-13-16-9-10-18(11-17(16)14-25)26-15-19(12-24-20(26)27)30-31(7,8)23(4,5)6/h9-11,19H,12-15H2,1-8H3,(H,24,27). The van der Waals surface area contributed by atoms with Gasteiger partial charge in [0.2, 0.25) is 0 Å². The summed E-state index contributed by atoms with van der Waals surface area (Å²) in [6.45, 7) is 18.8. The molecule has 172 valence electrons. The molecule has 8 heteroatoms. The van der Waals surface area contributed by atoms with E-state index in [9.17, 15) is 9.59 Å². The fourth-order valence-corrected chi connectivity index (χ4v) is 4.89. The molecule has 7 nitrogen and oxygen atoms in total. The lowest BCUT2D eigenvalue weighted by Gasteiger charge is -2.42. The number of nitrogens with zero attached hydrogens (tertiary/aromatic N) is 2. The Morgan fingerprint density at radius 3 is 2.35 bits per heavy atom. The molecule has 0 radical (unpaired) electrons. The molecule has 31 heavy (non-hydrogen) atoms. The number of anilines is 1. The van der Waals surface area contributed by atoms with Gasteiger partial charge in [0.25, 0.3) is 0 Å². The van der Waals surface area contributed by atoms with E-state index in [2.05, 4.69) is 39.2 Å². The summed E-state index contributed by atoms with van der Waals surface area (Å²) in [6, 6.07) is 5.84. The minimum absolute atomic E-state index is 0.0508. The molecule has 0 spiro atoms. The zero-order chi connectivity index (χ0) is 23.2. The number of urea groups is 1. The van der Waals surface area contributed by atoms with Crippen molar-refractivity contribution >= 4 is 26.1 Å². The van der Waals surface area contributed by atoms with Crippen LogP contribution in [0.4, 0.5) is 15.3 Å². The fourth-order valence-electron chi connectivity index (χ4n) is 3.55. The van der Waals surface area contributed by atoms with Crippen LogP contribution < -0.4 is 10.2 Å². The Balaban J connectivity index is 1.72. The summed E-state index contributed by atoms with van der Waals surface area (Å²) in [5.74, 6) is 0. The Morgan fingerprint density at radius 1 is 1.10 bits per heavy atom. The third-order valence-electron chi connectivity index (χ3n) is 6.26. The summed E-state index contributed by atoms with van der Waals surface area (Å²) >= 11 is 0. The molecule has 1 saturated heterocycles. The number of hydrogen-bond acceptors (Lipinski definition) is 4. The van der Waals surface area contributed by atoms with E-state index in [4.69, 9.17) is 9.16 Å². The molecule has 3 amide bonds. The van der Waals surface area contributed by atoms with Crippen molar-refractivity contribution in [1.29, 1.82) is 0 Å². The number of benzene rings is 1. The van der Waals surface area contributed by atoms with Gasteiger partial charge in [-0.15, -0.1) is 0 Å². The van der Waals surface area contributed by atoms with Crippen LogP contribution >= 0.6 is 0 Å². The lowest BCUT2D eigenvalue weighted by atomic mass is 10.1.